The molecule has 2 amide bonds. The van der Waals surface area contributed by atoms with Gasteiger partial charge in [0.1, 0.15) is 11.9 Å². The van der Waals surface area contributed by atoms with E-state index in [0.29, 0.717) is 30.8 Å². The van der Waals surface area contributed by atoms with Gasteiger partial charge >= 0.3 is 0 Å². The number of benzene rings is 1. The van der Waals surface area contributed by atoms with E-state index in [2.05, 4.69) is 5.32 Å². The summed E-state index contributed by atoms with van der Waals surface area (Å²) in [6, 6.07) is 6.15. The molecule has 2 fully saturated rings. The zero-order chi connectivity index (χ0) is 17.1. The molecule has 1 aromatic carbocycles. The Labute approximate surface area is 145 Å². The van der Waals surface area contributed by atoms with Crippen LogP contribution in [0, 0.1) is 5.82 Å². The van der Waals surface area contributed by atoms with Crippen LogP contribution in [0.15, 0.2) is 24.3 Å². The van der Waals surface area contributed by atoms with Gasteiger partial charge in [0.2, 0.25) is 11.8 Å². The third-order valence-corrected chi connectivity index (χ3v) is 5.89. The average molecular weight is 351 g/mol. The number of thioether (sulfide) groups is 1. The number of amides is 2. The number of rotatable bonds is 3. The predicted octanol–water partition coefficient (Wildman–Crippen LogP) is 0.918. The monoisotopic (exact) mass is 351 g/mol. The van der Waals surface area contributed by atoms with E-state index in [-0.39, 0.29) is 28.9 Å². The van der Waals surface area contributed by atoms with Crippen LogP contribution in [0.3, 0.4) is 0 Å². The number of piperidine rings is 1. The first-order chi connectivity index (χ1) is 11.5. The van der Waals surface area contributed by atoms with E-state index in [4.69, 9.17) is 5.73 Å². The minimum absolute atomic E-state index is 0.0351. The number of hydrogen-bond acceptors (Lipinski definition) is 4. The van der Waals surface area contributed by atoms with Crippen LogP contribution >= 0.6 is 11.8 Å². The molecule has 0 aromatic heterocycles. The van der Waals surface area contributed by atoms with Crippen molar-refractivity contribution in [3.8, 4) is 0 Å². The maximum absolute atomic E-state index is 13.7. The predicted molar refractivity (Wildman–Crippen MR) is 92.1 cm³/mol. The number of carbonyl (C=O) groups is 2. The van der Waals surface area contributed by atoms with Gasteiger partial charge in [-0.3, -0.25) is 9.59 Å². The summed E-state index contributed by atoms with van der Waals surface area (Å²) in [5.41, 5.74) is 6.39. The lowest BCUT2D eigenvalue weighted by atomic mass is 10.0. The van der Waals surface area contributed by atoms with E-state index < -0.39 is 6.04 Å². The molecule has 0 bridgehead atoms. The van der Waals surface area contributed by atoms with Crippen molar-refractivity contribution in [1.82, 2.24) is 10.2 Å². The maximum Gasteiger partial charge on any atom is 0.246 e. The smallest absolute Gasteiger partial charge is 0.246 e. The summed E-state index contributed by atoms with van der Waals surface area (Å²) >= 11 is 1.42. The Kier molecular flexibility index (Phi) is 5.40. The number of nitrogens with two attached hydrogens (primary N) is 1. The topological polar surface area (TPSA) is 75.4 Å². The van der Waals surface area contributed by atoms with E-state index in [1.807, 2.05) is 0 Å². The first-order valence-electron chi connectivity index (χ1n) is 8.24. The van der Waals surface area contributed by atoms with Crippen molar-refractivity contribution >= 4 is 23.6 Å². The van der Waals surface area contributed by atoms with Crippen molar-refractivity contribution in [2.24, 2.45) is 5.73 Å². The zero-order valence-corrected chi connectivity index (χ0v) is 14.2. The Morgan fingerprint density at radius 3 is 2.71 bits per heavy atom. The highest BCUT2D eigenvalue weighted by Crippen LogP contribution is 2.24. The van der Waals surface area contributed by atoms with Gasteiger partial charge in [-0.15, -0.1) is 11.8 Å². The van der Waals surface area contributed by atoms with Crippen LogP contribution < -0.4 is 11.1 Å². The molecule has 1 aromatic rings. The van der Waals surface area contributed by atoms with Gasteiger partial charge in [0.15, 0.2) is 0 Å². The molecule has 0 aliphatic carbocycles. The van der Waals surface area contributed by atoms with E-state index in [1.54, 1.807) is 23.1 Å². The third kappa shape index (κ3) is 3.89. The van der Waals surface area contributed by atoms with Gasteiger partial charge in [0.05, 0.1) is 5.25 Å². The van der Waals surface area contributed by atoms with Crippen LogP contribution in [-0.2, 0) is 16.0 Å². The molecule has 7 heteroatoms. The van der Waals surface area contributed by atoms with Gasteiger partial charge in [-0.2, -0.15) is 0 Å². The fourth-order valence-corrected chi connectivity index (χ4v) is 4.25. The third-order valence-electron chi connectivity index (χ3n) is 4.59. The molecule has 3 N–H and O–H groups in total. The largest absolute Gasteiger partial charge is 0.343 e. The van der Waals surface area contributed by atoms with Crippen LogP contribution in [0.1, 0.15) is 18.4 Å². The molecule has 0 radical (unpaired) electrons. The molecule has 5 nitrogen and oxygen atoms in total. The number of likely N-dealkylation sites (tertiary alicyclic amines) is 1. The summed E-state index contributed by atoms with van der Waals surface area (Å²) in [7, 11) is 0. The molecule has 2 heterocycles. The van der Waals surface area contributed by atoms with Gasteiger partial charge in [-0.1, -0.05) is 18.2 Å². The van der Waals surface area contributed by atoms with Crippen molar-refractivity contribution in [2.75, 3.05) is 18.8 Å². The molecule has 3 rings (SSSR count). The minimum Gasteiger partial charge on any atom is -0.343 e. The summed E-state index contributed by atoms with van der Waals surface area (Å²) in [5.74, 6) is -0.00546. The quantitative estimate of drug-likeness (QED) is 0.849. The number of nitrogens with zero attached hydrogens (tertiary/aromatic N) is 1. The lowest BCUT2D eigenvalue weighted by molar-refractivity contribution is -0.136. The van der Waals surface area contributed by atoms with Crippen LogP contribution in [-0.4, -0.2) is 52.9 Å². The fraction of sp³-hybridized carbons (Fsp3) is 0.529. The van der Waals surface area contributed by atoms with Gasteiger partial charge in [-0.25, -0.2) is 4.39 Å². The summed E-state index contributed by atoms with van der Waals surface area (Å²) in [4.78, 5) is 26.6. The summed E-state index contributed by atoms with van der Waals surface area (Å²) in [6.07, 6.45) is 1.94. The van der Waals surface area contributed by atoms with Crippen molar-refractivity contribution in [2.45, 2.75) is 36.6 Å². The standard InChI is InChI=1S/C17H22FN3O2S/c18-13-4-2-1-3-11(13)9-15-16(22)20-14(10-24-15)17(23)21-7-5-12(19)6-8-21/h1-4,12,14-15H,5-10,19H2,(H,20,22). The molecule has 0 saturated carbocycles. The van der Waals surface area contributed by atoms with Crippen LogP contribution in [0.2, 0.25) is 0 Å². The highest BCUT2D eigenvalue weighted by Gasteiger charge is 2.35. The minimum atomic E-state index is -0.492. The Morgan fingerprint density at radius 1 is 1.33 bits per heavy atom. The Hall–Kier alpha value is -1.60. The SMILES string of the molecule is NC1CCN(C(=O)C2CSC(Cc3ccccc3F)C(=O)N2)CC1. The van der Waals surface area contributed by atoms with Crippen LogP contribution in [0.25, 0.3) is 0 Å². The lowest BCUT2D eigenvalue weighted by Crippen LogP contribution is -2.57. The lowest BCUT2D eigenvalue weighted by Gasteiger charge is -2.35. The molecular formula is C17H22FN3O2S. The molecular weight excluding hydrogens is 329 g/mol. The van der Waals surface area contributed by atoms with E-state index in [1.165, 1.54) is 17.8 Å². The average Bonchev–Trinajstić information content (AvgIpc) is 2.58. The van der Waals surface area contributed by atoms with E-state index >= 15 is 0 Å². The number of carbonyl (C=O) groups excluding carboxylic acids is 2. The zero-order valence-electron chi connectivity index (χ0n) is 13.4. The summed E-state index contributed by atoms with van der Waals surface area (Å²) < 4.78 is 13.7. The second-order valence-corrected chi connectivity index (χ2v) is 7.58. The normalized spacial score (nSPS) is 25.4. The second kappa shape index (κ2) is 7.53. The second-order valence-electron chi connectivity index (χ2n) is 6.34. The van der Waals surface area contributed by atoms with Crippen molar-refractivity contribution < 1.29 is 14.0 Å². The van der Waals surface area contributed by atoms with Gasteiger partial charge in [0, 0.05) is 24.9 Å². The van der Waals surface area contributed by atoms with Crippen LogP contribution in [0.5, 0.6) is 0 Å². The summed E-state index contributed by atoms with van der Waals surface area (Å²) in [5, 5.41) is 2.45. The first kappa shape index (κ1) is 17.2. The molecule has 2 atom stereocenters. The number of hydrogen-bond donors (Lipinski definition) is 2. The van der Waals surface area contributed by atoms with Crippen molar-refractivity contribution in [3.05, 3.63) is 35.6 Å². The van der Waals surface area contributed by atoms with Crippen molar-refractivity contribution in [1.29, 1.82) is 0 Å². The Bertz CT molecular complexity index is 620. The molecule has 2 aliphatic heterocycles. The van der Waals surface area contributed by atoms with Gasteiger partial charge in [0.25, 0.3) is 0 Å². The van der Waals surface area contributed by atoms with Gasteiger partial charge in [-0.05, 0) is 30.9 Å². The number of halogens is 1. The maximum atomic E-state index is 13.7. The first-order valence-corrected chi connectivity index (χ1v) is 9.29. The van der Waals surface area contributed by atoms with Gasteiger partial charge < -0.3 is 16.0 Å². The highest BCUT2D eigenvalue weighted by atomic mass is 32.2. The fourth-order valence-electron chi connectivity index (χ4n) is 3.08. The molecule has 2 aliphatic rings. The number of nitrogens with one attached hydrogen (secondary N) is 1. The van der Waals surface area contributed by atoms with E-state index in [0.717, 1.165) is 12.8 Å². The molecule has 2 saturated heterocycles. The highest BCUT2D eigenvalue weighted by molar-refractivity contribution is 8.00. The molecule has 24 heavy (non-hydrogen) atoms. The van der Waals surface area contributed by atoms with Crippen LogP contribution in [0.4, 0.5) is 4.39 Å². The Balaban J connectivity index is 1.56. The molecule has 130 valence electrons. The molecule has 0 spiro atoms. The Morgan fingerprint density at radius 2 is 2.04 bits per heavy atom. The van der Waals surface area contributed by atoms with Crippen molar-refractivity contribution in [3.63, 3.8) is 0 Å². The van der Waals surface area contributed by atoms with E-state index in [9.17, 15) is 14.0 Å². The summed E-state index contributed by atoms with van der Waals surface area (Å²) in [6.45, 7) is 1.30. The molecule has 2 unspecified atom stereocenters.